The number of methoxy groups -OCH3 is 1. The van der Waals surface area contributed by atoms with Crippen LogP contribution in [0.4, 0.5) is 19.1 Å². The highest BCUT2D eigenvalue weighted by Crippen LogP contribution is 2.36. The molecule has 2 atom stereocenters. The third-order valence-electron chi connectivity index (χ3n) is 3.61. The monoisotopic (exact) mass is 329 g/mol. The van der Waals surface area contributed by atoms with Crippen molar-refractivity contribution in [1.82, 2.24) is 20.1 Å². The molecule has 124 valence electrons. The van der Waals surface area contributed by atoms with Crippen molar-refractivity contribution in [1.29, 1.82) is 0 Å². The molecule has 1 saturated heterocycles. The number of alkyl halides is 3. The summed E-state index contributed by atoms with van der Waals surface area (Å²) in [5, 5.41) is 3.72. The Morgan fingerprint density at radius 2 is 2.13 bits per heavy atom. The quantitative estimate of drug-likeness (QED) is 0.854. The highest BCUT2D eigenvalue weighted by atomic mass is 19.4. The highest BCUT2D eigenvalue weighted by molar-refractivity contribution is 5.36. The molecule has 3 rings (SSSR count). The smallest absolute Gasteiger partial charge is 0.380 e. The standard InChI is InChI=1S/C13H14F3N5O2/c1-7-18-11(23-20-7)9-5-8(22-2)6-21(9)12-17-4-3-10(19-12)13(14,15)16/h3-4,8-9H,5-6H2,1-2H3/t8-,9+/m0/s1. The molecule has 10 heteroatoms. The second-order valence-electron chi connectivity index (χ2n) is 5.18. The van der Waals surface area contributed by atoms with E-state index in [1.54, 1.807) is 11.8 Å². The van der Waals surface area contributed by atoms with Crippen molar-refractivity contribution < 1.29 is 22.4 Å². The zero-order valence-corrected chi connectivity index (χ0v) is 12.4. The fourth-order valence-electron chi connectivity index (χ4n) is 2.52. The van der Waals surface area contributed by atoms with Crippen LogP contribution in [0.1, 0.15) is 29.9 Å². The zero-order valence-electron chi connectivity index (χ0n) is 12.4. The molecule has 1 aliphatic rings. The van der Waals surface area contributed by atoms with E-state index in [0.29, 0.717) is 24.7 Å². The first-order valence-electron chi connectivity index (χ1n) is 6.88. The molecule has 3 heterocycles. The molecule has 0 N–H and O–H groups in total. The number of hydrogen-bond acceptors (Lipinski definition) is 7. The number of hydrogen-bond donors (Lipinski definition) is 0. The molecule has 2 aromatic rings. The normalized spacial score (nSPS) is 21.9. The third-order valence-corrected chi connectivity index (χ3v) is 3.61. The third kappa shape index (κ3) is 3.11. The minimum absolute atomic E-state index is 0.0415. The van der Waals surface area contributed by atoms with Gasteiger partial charge < -0.3 is 14.2 Å². The van der Waals surface area contributed by atoms with Gasteiger partial charge in [-0.1, -0.05) is 5.16 Å². The Bertz CT molecular complexity index is 690. The molecule has 1 aliphatic heterocycles. The molecule has 0 spiro atoms. The van der Waals surface area contributed by atoms with Crippen LogP contribution in [-0.2, 0) is 10.9 Å². The van der Waals surface area contributed by atoms with Crippen molar-refractivity contribution >= 4 is 5.95 Å². The molecule has 0 unspecified atom stereocenters. The lowest BCUT2D eigenvalue weighted by molar-refractivity contribution is -0.141. The summed E-state index contributed by atoms with van der Waals surface area (Å²) in [6, 6.07) is 0.406. The van der Waals surface area contributed by atoms with E-state index in [1.807, 2.05) is 0 Å². The Morgan fingerprint density at radius 1 is 1.35 bits per heavy atom. The second-order valence-corrected chi connectivity index (χ2v) is 5.18. The summed E-state index contributed by atoms with van der Waals surface area (Å²) >= 11 is 0. The second kappa shape index (κ2) is 5.76. The van der Waals surface area contributed by atoms with Crippen LogP contribution >= 0.6 is 0 Å². The first-order chi connectivity index (χ1) is 10.9. The van der Waals surface area contributed by atoms with E-state index in [2.05, 4.69) is 20.1 Å². The average molecular weight is 329 g/mol. The maximum absolute atomic E-state index is 12.8. The average Bonchev–Trinajstić information content (AvgIpc) is 3.12. The van der Waals surface area contributed by atoms with Crippen LogP contribution in [0.2, 0.25) is 0 Å². The fourth-order valence-corrected chi connectivity index (χ4v) is 2.52. The first-order valence-corrected chi connectivity index (χ1v) is 6.88. The number of aryl methyl sites for hydroxylation is 1. The van der Waals surface area contributed by atoms with Crippen molar-refractivity contribution in [2.75, 3.05) is 18.6 Å². The lowest BCUT2D eigenvalue weighted by Gasteiger charge is -2.22. The molecule has 1 fully saturated rings. The maximum Gasteiger partial charge on any atom is 0.433 e. The number of aromatic nitrogens is 4. The number of halogens is 3. The van der Waals surface area contributed by atoms with E-state index in [-0.39, 0.29) is 12.1 Å². The van der Waals surface area contributed by atoms with Gasteiger partial charge in [0.05, 0.1) is 6.10 Å². The van der Waals surface area contributed by atoms with Crippen LogP contribution in [0.5, 0.6) is 0 Å². The van der Waals surface area contributed by atoms with Crippen LogP contribution < -0.4 is 4.90 Å². The van der Waals surface area contributed by atoms with Gasteiger partial charge in [-0.25, -0.2) is 9.97 Å². The van der Waals surface area contributed by atoms with Crippen molar-refractivity contribution in [2.24, 2.45) is 0 Å². The van der Waals surface area contributed by atoms with Crippen LogP contribution in [0, 0.1) is 6.92 Å². The molecule has 23 heavy (non-hydrogen) atoms. The minimum atomic E-state index is -4.53. The van der Waals surface area contributed by atoms with E-state index in [4.69, 9.17) is 9.26 Å². The largest absolute Gasteiger partial charge is 0.433 e. The Hall–Kier alpha value is -2.23. The molecule has 0 aliphatic carbocycles. The van der Waals surface area contributed by atoms with Gasteiger partial charge in [-0.2, -0.15) is 18.2 Å². The number of rotatable bonds is 3. The van der Waals surface area contributed by atoms with Crippen LogP contribution in [0.25, 0.3) is 0 Å². The molecule has 7 nitrogen and oxygen atoms in total. The first kappa shape index (κ1) is 15.7. The lowest BCUT2D eigenvalue weighted by atomic mass is 10.2. The van der Waals surface area contributed by atoms with Crippen molar-refractivity contribution in [3.8, 4) is 0 Å². The van der Waals surface area contributed by atoms with Gasteiger partial charge in [-0.05, 0) is 13.0 Å². The van der Waals surface area contributed by atoms with Gasteiger partial charge in [-0.15, -0.1) is 0 Å². The summed E-state index contributed by atoms with van der Waals surface area (Å²) in [5.74, 6) is 0.717. The molecule has 0 aromatic carbocycles. The van der Waals surface area contributed by atoms with Gasteiger partial charge in [0.1, 0.15) is 11.7 Å². The van der Waals surface area contributed by atoms with Gasteiger partial charge in [0, 0.05) is 26.3 Å². The summed E-state index contributed by atoms with van der Waals surface area (Å²) in [7, 11) is 1.54. The highest BCUT2D eigenvalue weighted by Gasteiger charge is 2.40. The Balaban J connectivity index is 1.95. The Morgan fingerprint density at radius 3 is 2.74 bits per heavy atom. The van der Waals surface area contributed by atoms with Crippen LogP contribution in [-0.4, -0.2) is 39.9 Å². The van der Waals surface area contributed by atoms with Gasteiger partial charge in [0.15, 0.2) is 5.82 Å². The summed E-state index contributed by atoms with van der Waals surface area (Å²) < 4.78 is 49.0. The Labute approximate surface area is 129 Å². The van der Waals surface area contributed by atoms with Gasteiger partial charge in [-0.3, -0.25) is 0 Å². The SMILES string of the molecule is CO[C@H]1C[C@H](c2nc(C)no2)N(c2nccc(C(F)(F)F)n2)C1. The van der Waals surface area contributed by atoms with E-state index in [1.165, 1.54) is 7.11 Å². The predicted molar refractivity (Wildman–Crippen MR) is 71.6 cm³/mol. The van der Waals surface area contributed by atoms with Crippen LogP contribution in [0.15, 0.2) is 16.8 Å². The molecule has 0 amide bonds. The topological polar surface area (TPSA) is 77.2 Å². The van der Waals surface area contributed by atoms with E-state index in [0.717, 1.165) is 12.3 Å². The summed E-state index contributed by atoms with van der Waals surface area (Å²) in [5.41, 5.74) is -0.996. The predicted octanol–water partition coefficient (Wildman–Crippen LogP) is 2.15. The summed E-state index contributed by atoms with van der Waals surface area (Å²) in [6.07, 6.45) is -3.14. The molecule has 0 radical (unpaired) electrons. The minimum Gasteiger partial charge on any atom is -0.380 e. The van der Waals surface area contributed by atoms with E-state index < -0.39 is 17.9 Å². The van der Waals surface area contributed by atoms with Gasteiger partial charge in [0.25, 0.3) is 0 Å². The van der Waals surface area contributed by atoms with E-state index in [9.17, 15) is 13.2 Å². The number of ether oxygens (including phenoxy) is 1. The fraction of sp³-hybridized carbons (Fsp3) is 0.538. The number of nitrogens with zero attached hydrogens (tertiary/aromatic N) is 5. The summed E-state index contributed by atoms with van der Waals surface area (Å²) in [6.45, 7) is 2.00. The summed E-state index contributed by atoms with van der Waals surface area (Å²) in [4.78, 5) is 13.3. The van der Waals surface area contributed by atoms with Crippen molar-refractivity contribution in [2.45, 2.75) is 31.7 Å². The van der Waals surface area contributed by atoms with Gasteiger partial charge >= 0.3 is 6.18 Å². The van der Waals surface area contributed by atoms with Crippen molar-refractivity contribution in [3.63, 3.8) is 0 Å². The molecular formula is C13H14F3N5O2. The lowest BCUT2D eigenvalue weighted by Crippen LogP contribution is -2.27. The Kier molecular flexibility index (Phi) is 3.92. The molecule has 0 bridgehead atoms. The molecular weight excluding hydrogens is 315 g/mol. The van der Waals surface area contributed by atoms with Crippen molar-refractivity contribution in [3.05, 3.63) is 29.7 Å². The molecule has 2 aromatic heterocycles. The molecule has 0 saturated carbocycles. The van der Waals surface area contributed by atoms with Gasteiger partial charge in [0.2, 0.25) is 11.8 Å². The van der Waals surface area contributed by atoms with E-state index >= 15 is 0 Å². The zero-order chi connectivity index (χ0) is 16.6. The number of anilines is 1. The van der Waals surface area contributed by atoms with Crippen LogP contribution in [0.3, 0.4) is 0 Å². The maximum atomic E-state index is 12.8.